The molecular formula is C8H16BrNO2. The highest BCUT2D eigenvalue weighted by molar-refractivity contribution is 9.10. The number of aliphatic hydroxyl groups excluding tert-OH is 1. The molecule has 0 aliphatic heterocycles. The zero-order valence-electron chi connectivity index (χ0n) is 7.75. The number of hydrogen-bond acceptors (Lipinski definition) is 2. The van der Waals surface area contributed by atoms with Crippen molar-refractivity contribution in [2.24, 2.45) is 0 Å². The van der Waals surface area contributed by atoms with Crippen LogP contribution in [0.1, 0.15) is 20.3 Å². The van der Waals surface area contributed by atoms with Crippen molar-refractivity contribution in [3.8, 4) is 0 Å². The second-order valence-electron chi connectivity index (χ2n) is 2.94. The minimum Gasteiger partial charge on any atom is -0.392 e. The minimum atomic E-state index is -0.462. The number of carbonyl (C=O) groups is 1. The Labute approximate surface area is 81.9 Å². The van der Waals surface area contributed by atoms with Gasteiger partial charge in [-0.15, -0.1) is 0 Å². The van der Waals surface area contributed by atoms with Gasteiger partial charge >= 0.3 is 0 Å². The number of carbonyl (C=O) groups excluding carboxylic acids is 1. The summed E-state index contributed by atoms with van der Waals surface area (Å²) < 4.78 is 0. The second-order valence-corrected chi connectivity index (χ2v) is 4.05. The molecule has 0 saturated heterocycles. The number of likely N-dealkylation sites (N-methyl/N-ethyl adjacent to an activating group) is 1. The molecule has 4 heteroatoms. The molecule has 0 aromatic rings. The quantitative estimate of drug-likeness (QED) is 0.742. The van der Waals surface area contributed by atoms with Crippen LogP contribution in [0.15, 0.2) is 0 Å². The average Bonchev–Trinajstić information content (AvgIpc) is 2.00. The van der Waals surface area contributed by atoms with Crippen molar-refractivity contribution >= 4 is 21.8 Å². The molecule has 1 amide bonds. The predicted molar refractivity (Wildman–Crippen MR) is 52.3 cm³/mol. The summed E-state index contributed by atoms with van der Waals surface area (Å²) in [4.78, 5) is 12.8. The van der Waals surface area contributed by atoms with Crippen LogP contribution < -0.4 is 0 Å². The second kappa shape index (κ2) is 5.54. The van der Waals surface area contributed by atoms with Crippen LogP contribution in [-0.2, 0) is 4.79 Å². The van der Waals surface area contributed by atoms with Crippen LogP contribution in [0, 0.1) is 0 Å². The molecule has 3 nitrogen and oxygen atoms in total. The first-order valence-corrected chi connectivity index (χ1v) is 4.97. The van der Waals surface area contributed by atoms with E-state index in [9.17, 15) is 4.79 Å². The maximum absolute atomic E-state index is 11.4. The number of aliphatic hydroxyl groups is 1. The first kappa shape index (κ1) is 11.9. The van der Waals surface area contributed by atoms with Gasteiger partial charge in [0.05, 0.1) is 10.9 Å². The molecule has 2 atom stereocenters. The Kier molecular flexibility index (Phi) is 5.50. The van der Waals surface area contributed by atoms with Gasteiger partial charge in [-0.2, -0.15) is 0 Å². The lowest BCUT2D eigenvalue weighted by molar-refractivity contribution is -0.130. The van der Waals surface area contributed by atoms with E-state index in [4.69, 9.17) is 5.11 Å². The van der Waals surface area contributed by atoms with Gasteiger partial charge in [0.2, 0.25) is 5.91 Å². The van der Waals surface area contributed by atoms with E-state index < -0.39 is 6.10 Å². The number of rotatable bonds is 4. The van der Waals surface area contributed by atoms with Crippen LogP contribution in [0.3, 0.4) is 0 Å². The summed E-state index contributed by atoms with van der Waals surface area (Å²) in [5.74, 6) is 0.0263. The van der Waals surface area contributed by atoms with Crippen molar-refractivity contribution in [1.29, 1.82) is 0 Å². The van der Waals surface area contributed by atoms with Gasteiger partial charge in [0.15, 0.2) is 0 Å². The molecule has 0 spiro atoms. The Balaban J connectivity index is 3.92. The van der Waals surface area contributed by atoms with Gasteiger partial charge in [-0.1, -0.05) is 22.9 Å². The zero-order chi connectivity index (χ0) is 9.72. The third-order valence-electron chi connectivity index (χ3n) is 1.54. The Hall–Kier alpha value is -0.0900. The average molecular weight is 238 g/mol. The first-order valence-electron chi connectivity index (χ1n) is 4.06. The number of hydrogen-bond donors (Lipinski definition) is 1. The molecule has 12 heavy (non-hydrogen) atoms. The van der Waals surface area contributed by atoms with Crippen LogP contribution in [0.4, 0.5) is 0 Å². The van der Waals surface area contributed by atoms with E-state index in [1.807, 2.05) is 6.92 Å². The predicted octanol–water partition coefficient (Wildman–Crippen LogP) is 0.999. The van der Waals surface area contributed by atoms with E-state index in [2.05, 4.69) is 15.9 Å². The Morgan fingerprint density at radius 3 is 2.50 bits per heavy atom. The molecule has 0 rings (SSSR count). The van der Waals surface area contributed by atoms with Gasteiger partial charge in [-0.25, -0.2) is 0 Å². The van der Waals surface area contributed by atoms with Crippen LogP contribution in [0.25, 0.3) is 0 Å². The molecule has 0 aliphatic carbocycles. The lowest BCUT2D eigenvalue weighted by atomic mass is 10.3. The van der Waals surface area contributed by atoms with E-state index in [0.29, 0.717) is 6.54 Å². The lowest BCUT2D eigenvalue weighted by Crippen LogP contribution is -2.37. The summed E-state index contributed by atoms with van der Waals surface area (Å²) in [5, 5.41) is 9.02. The molecule has 0 radical (unpaired) electrons. The van der Waals surface area contributed by atoms with Crippen molar-refractivity contribution in [3.05, 3.63) is 0 Å². The van der Waals surface area contributed by atoms with E-state index in [1.165, 1.54) is 4.90 Å². The van der Waals surface area contributed by atoms with Crippen LogP contribution in [0.5, 0.6) is 0 Å². The summed E-state index contributed by atoms with van der Waals surface area (Å²) in [6.07, 6.45) is 0.304. The first-order chi connectivity index (χ1) is 5.49. The normalized spacial score (nSPS) is 15.4. The molecule has 1 N–H and O–H groups in total. The minimum absolute atomic E-state index is 0.0263. The molecular weight excluding hydrogens is 222 g/mol. The van der Waals surface area contributed by atoms with Crippen LogP contribution in [-0.4, -0.2) is 40.4 Å². The van der Waals surface area contributed by atoms with Gasteiger partial charge in [0.1, 0.15) is 0 Å². The summed E-state index contributed by atoms with van der Waals surface area (Å²) in [7, 11) is 1.69. The standard InChI is InChI=1S/C8H16BrNO2/c1-4-7(9)8(12)10(3)5-6(2)11/h6-7,11H,4-5H2,1-3H3. The maximum Gasteiger partial charge on any atom is 0.236 e. The SMILES string of the molecule is CCC(Br)C(=O)N(C)CC(C)O. The Bertz CT molecular complexity index is 150. The number of halogens is 1. The van der Waals surface area contributed by atoms with Crippen molar-refractivity contribution in [2.45, 2.75) is 31.2 Å². The third kappa shape index (κ3) is 4.07. The van der Waals surface area contributed by atoms with E-state index in [0.717, 1.165) is 6.42 Å². The summed E-state index contributed by atoms with van der Waals surface area (Å²) in [6, 6.07) is 0. The highest BCUT2D eigenvalue weighted by atomic mass is 79.9. The summed E-state index contributed by atoms with van der Waals surface area (Å²) in [5.41, 5.74) is 0. The molecule has 0 bridgehead atoms. The van der Waals surface area contributed by atoms with Crippen LogP contribution >= 0.6 is 15.9 Å². The largest absolute Gasteiger partial charge is 0.392 e. The third-order valence-corrected chi connectivity index (χ3v) is 2.58. The Morgan fingerprint density at radius 1 is 1.67 bits per heavy atom. The fourth-order valence-electron chi connectivity index (χ4n) is 0.900. The van der Waals surface area contributed by atoms with E-state index in [1.54, 1.807) is 14.0 Å². The molecule has 0 aromatic carbocycles. The van der Waals surface area contributed by atoms with Crippen molar-refractivity contribution in [2.75, 3.05) is 13.6 Å². The van der Waals surface area contributed by atoms with Gasteiger partial charge < -0.3 is 10.0 Å². The number of nitrogens with zero attached hydrogens (tertiary/aromatic N) is 1. The van der Waals surface area contributed by atoms with Gasteiger partial charge in [0.25, 0.3) is 0 Å². The summed E-state index contributed by atoms with van der Waals surface area (Å²) >= 11 is 3.26. The highest BCUT2D eigenvalue weighted by Gasteiger charge is 2.17. The monoisotopic (exact) mass is 237 g/mol. The molecule has 0 aliphatic rings. The van der Waals surface area contributed by atoms with Gasteiger partial charge in [-0.05, 0) is 13.3 Å². The zero-order valence-corrected chi connectivity index (χ0v) is 9.34. The van der Waals surface area contributed by atoms with Gasteiger partial charge in [-0.3, -0.25) is 4.79 Å². The Morgan fingerprint density at radius 2 is 2.17 bits per heavy atom. The molecule has 0 aromatic heterocycles. The van der Waals surface area contributed by atoms with E-state index >= 15 is 0 Å². The topological polar surface area (TPSA) is 40.5 Å². The molecule has 0 saturated carbocycles. The molecule has 72 valence electrons. The molecule has 0 heterocycles. The maximum atomic E-state index is 11.4. The smallest absolute Gasteiger partial charge is 0.236 e. The lowest BCUT2D eigenvalue weighted by Gasteiger charge is -2.20. The van der Waals surface area contributed by atoms with Crippen molar-refractivity contribution in [3.63, 3.8) is 0 Å². The van der Waals surface area contributed by atoms with Gasteiger partial charge in [0, 0.05) is 13.6 Å². The molecule has 2 unspecified atom stereocenters. The van der Waals surface area contributed by atoms with E-state index in [-0.39, 0.29) is 10.7 Å². The summed E-state index contributed by atoms with van der Waals surface area (Å²) in [6.45, 7) is 3.99. The number of amides is 1. The van der Waals surface area contributed by atoms with Crippen molar-refractivity contribution in [1.82, 2.24) is 4.90 Å². The fraction of sp³-hybridized carbons (Fsp3) is 0.875. The molecule has 0 fully saturated rings. The van der Waals surface area contributed by atoms with Crippen molar-refractivity contribution < 1.29 is 9.90 Å². The fourth-order valence-corrected chi connectivity index (χ4v) is 1.25. The van der Waals surface area contributed by atoms with Crippen LogP contribution in [0.2, 0.25) is 0 Å². The number of alkyl halides is 1. The highest BCUT2D eigenvalue weighted by Crippen LogP contribution is 2.07.